The van der Waals surface area contributed by atoms with E-state index in [0.29, 0.717) is 24.4 Å². The highest BCUT2D eigenvalue weighted by atomic mass is 32.1. The van der Waals surface area contributed by atoms with Gasteiger partial charge in [-0.05, 0) is 33.2 Å². The van der Waals surface area contributed by atoms with Gasteiger partial charge in [-0.15, -0.1) is 11.3 Å². The minimum atomic E-state index is -4.50. The third-order valence-electron chi connectivity index (χ3n) is 3.66. The van der Waals surface area contributed by atoms with E-state index in [9.17, 15) is 23.1 Å². The fraction of sp³-hybridized carbons (Fsp3) is 0.667. The van der Waals surface area contributed by atoms with Gasteiger partial charge in [0.2, 0.25) is 0 Å². The zero-order valence-electron chi connectivity index (χ0n) is 11.1. The molecule has 0 radical (unpaired) electrons. The molecule has 4 nitrogen and oxygen atoms in total. The Bertz CT molecular complexity index is 529. The van der Waals surface area contributed by atoms with Crippen LogP contribution in [0, 0.1) is 6.92 Å². The summed E-state index contributed by atoms with van der Waals surface area (Å²) in [7, 11) is 0. The summed E-state index contributed by atoms with van der Waals surface area (Å²) in [5, 5.41) is 9.62. The standard InChI is InChI=1S/C12H15F3N2O2S/c1-7-16-9(12(13,14)15)8(20-7)6-17-5-3-4-11(17,2)10(18)19/h3-6H2,1-2H3,(H,18,19). The fourth-order valence-corrected chi connectivity index (χ4v) is 3.46. The highest BCUT2D eigenvalue weighted by molar-refractivity contribution is 7.11. The zero-order valence-corrected chi connectivity index (χ0v) is 11.9. The van der Waals surface area contributed by atoms with Crippen molar-refractivity contribution in [2.75, 3.05) is 6.54 Å². The van der Waals surface area contributed by atoms with Gasteiger partial charge in [0.25, 0.3) is 0 Å². The molecule has 0 saturated carbocycles. The van der Waals surface area contributed by atoms with Crippen molar-refractivity contribution in [2.45, 2.75) is 44.9 Å². The van der Waals surface area contributed by atoms with Crippen LogP contribution < -0.4 is 0 Å². The lowest BCUT2D eigenvalue weighted by Crippen LogP contribution is -2.47. The maximum absolute atomic E-state index is 12.9. The van der Waals surface area contributed by atoms with Gasteiger partial charge in [0, 0.05) is 6.54 Å². The summed E-state index contributed by atoms with van der Waals surface area (Å²) in [5.74, 6) is -0.996. The topological polar surface area (TPSA) is 53.4 Å². The summed E-state index contributed by atoms with van der Waals surface area (Å²) in [6, 6.07) is 0. The van der Waals surface area contributed by atoms with Gasteiger partial charge in [0.15, 0.2) is 5.69 Å². The van der Waals surface area contributed by atoms with Gasteiger partial charge < -0.3 is 5.11 Å². The molecule has 8 heteroatoms. The molecule has 0 aliphatic carbocycles. The van der Waals surface area contributed by atoms with E-state index in [1.54, 1.807) is 11.8 Å². The maximum Gasteiger partial charge on any atom is 0.434 e. The molecular formula is C12H15F3N2O2S. The normalized spacial score (nSPS) is 24.2. The Morgan fingerprint density at radius 1 is 1.55 bits per heavy atom. The van der Waals surface area contributed by atoms with E-state index in [-0.39, 0.29) is 11.4 Å². The van der Waals surface area contributed by atoms with Crippen LogP contribution in [0.1, 0.15) is 35.3 Å². The molecular weight excluding hydrogens is 293 g/mol. The number of alkyl halides is 3. The molecule has 2 heterocycles. The molecule has 0 amide bonds. The maximum atomic E-state index is 12.9. The number of hydrogen-bond donors (Lipinski definition) is 1. The molecule has 1 saturated heterocycles. The lowest BCUT2D eigenvalue weighted by molar-refractivity contribution is -0.149. The molecule has 1 fully saturated rings. The van der Waals surface area contributed by atoms with Gasteiger partial charge in [-0.1, -0.05) is 0 Å². The minimum absolute atomic E-state index is 0.0247. The van der Waals surface area contributed by atoms with Crippen molar-refractivity contribution < 1.29 is 23.1 Å². The second kappa shape index (κ2) is 5.00. The van der Waals surface area contributed by atoms with Crippen LogP contribution in [0.25, 0.3) is 0 Å². The molecule has 0 aromatic carbocycles. The molecule has 1 aromatic heterocycles. The van der Waals surface area contributed by atoms with E-state index >= 15 is 0 Å². The number of carbonyl (C=O) groups is 1. The van der Waals surface area contributed by atoms with Crippen LogP contribution in [0.2, 0.25) is 0 Å². The first-order valence-electron chi connectivity index (χ1n) is 6.16. The average molecular weight is 308 g/mol. The predicted octanol–water partition coefficient (Wildman–Crippen LogP) is 2.91. The van der Waals surface area contributed by atoms with Crippen LogP contribution in [0.4, 0.5) is 13.2 Å². The number of rotatable bonds is 3. The largest absolute Gasteiger partial charge is 0.480 e. The number of carboxylic acids is 1. The Balaban J connectivity index is 2.29. The first-order valence-corrected chi connectivity index (χ1v) is 6.98. The van der Waals surface area contributed by atoms with Gasteiger partial charge in [0.1, 0.15) is 5.54 Å². The molecule has 1 unspecified atom stereocenters. The van der Waals surface area contributed by atoms with Crippen LogP contribution in [-0.2, 0) is 17.5 Å². The van der Waals surface area contributed by atoms with Crippen LogP contribution in [-0.4, -0.2) is 33.0 Å². The van der Waals surface area contributed by atoms with Crippen LogP contribution in [0.3, 0.4) is 0 Å². The van der Waals surface area contributed by atoms with Crippen molar-refractivity contribution in [2.24, 2.45) is 0 Å². The molecule has 20 heavy (non-hydrogen) atoms. The molecule has 1 N–H and O–H groups in total. The number of nitrogens with zero attached hydrogens (tertiary/aromatic N) is 2. The van der Waals surface area contributed by atoms with Crippen molar-refractivity contribution in [1.82, 2.24) is 9.88 Å². The number of hydrogen-bond acceptors (Lipinski definition) is 4. The molecule has 0 spiro atoms. The van der Waals surface area contributed by atoms with Crippen LogP contribution in [0.15, 0.2) is 0 Å². The van der Waals surface area contributed by atoms with E-state index in [2.05, 4.69) is 4.98 Å². The fourth-order valence-electron chi connectivity index (χ4n) is 2.49. The highest BCUT2D eigenvalue weighted by Gasteiger charge is 2.45. The third-order valence-corrected chi connectivity index (χ3v) is 4.61. The monoisotopic (exact) mass is 308 g/mol. The number of likely N-dealkylation sites (tertiary alicyclic amines) is 1. The summed E-state index contributed by atoms with van der Waals surface area (Å²) in [6.45, 7) is 3.54. The Labute approximate surface area is 118 Å². The molecule has 2 rings (SSSR count). The predicted molar refractivity (Wildman–Crippen MR) is 67.5 cm³/mol. The van der Waals surface area contributed by atoms with Gasteiger partial charge in [-0.25, -0.2) is 4.98 Å². The van der Waals surface area contributed by atoms with Gasteiger partial charge in [-0.3, -0.25) is 9.69 Å². The summed E-state index contributed by atoms with van der Waals surface area (Å²) >= 11 is 0.975. The van der Waals surface area contributed by atoms with E-state index in [1.165, 1.54) is 6.92 Å². The second-order valence-electron chi connectivity index (χ2n) is 5.11. The first kappa shape index (κ1) is 15.2. The molecule has 1 aromatic rings. The van der Waals surface area contributed by atoms with Gasteiger partial charge >= 0.3 is 12.1 Å². The average Bonchev–Trinajstić information content (AvgIpc) is 2.84. The Morgan fingerprint density at radius 3 is 2.75 bits per heavy atom. The number of carboxylic acid groups (broad SMARTS) is 1. The van der Waals surface area contributed by atoms with E-state index in [4.69, 9.17) is 0 Å². The number of thiazole rings is 1. The first-order chi connectivity index (χ1) is 9.14. The lowest BCUT2D eigenvalue weighted by Gasteiger charge is -2.30. The van der Waals surface area contributed by atoms with Gasteiger partial charge in [0.05, 0.1) is 9.88 Å². The zero-order chi connectivity index (χ0) is 15.1. The molecule has 0 bridgehead atoms. The molecule has 1 aliphatic heterocycles. The van der Waals surface area contributed by atoms with Crippen molar-refractivity contribution in [3.05, 3.63) is 15.6 Å². The van der Waals surface area contributed by atoms with Crippen LogP contribution in [0.5, 0.6) is 0 Å². The SMILES string of the molecule is Cc1nc(C(F)(F)F)c(CN2CCCC2(C)C(=O)O)s1. The smallest absolute Gasteiger partial charge is 0.434 e. The van der Waals surface area contributed by atoms with Crippen molar-refractivity contribution in [3.63, 3.8) is 0 Å². The number of halogens is 3. The summed E-state index contributed by atoms with van der Waals surface area (Å²) < 4.78 is 38.7. The van der Waals surface area contributed by atoms with E-state index < -0.39 is 23.4 Å². The molecule has 1 atom stereocenters. The Morgan fingerprint density at radius 2 is 2.20 bits per heavy atom. The van der Waals surface area contributed by atoms with Crippen molar-refractivity contribution in [3.8, 4) is 0 Å². The van der Waals surface area contributed by atoms with E-state index in [0.717, 1.165) is 11.3 Å². The number of aromatic nitrogens is 1. The minimum Gasteiger partial charge on any atom is -0.480 e. The number of aliphatic carboxylic acids is 1. The quantitative estimate of drug-likeness (QED) is 0.933. The molecule has 112 valence electrons. The van der Waals surface area contributed by atoms with Crippen molar-refractivity contribution >= 4 is 17.3 Å². The summed E-state index contributed by atoms with van der Waals surface area (Å²) in [6.07, 6.45) is -3.39. The number of aryl methyl sites for hydroxylation is 1. The Kier molecular flexibility index (Phi) is 3.81. The lowest BCUT2D eigenvalue weighted by atomic mass is 9.99. The van der Waals surface area contributed by atoms with Crippen LogP contribution >= 0.6 is 11.3 Å². The highest BCUT2D eigenvalue weighted by Crippen LogP contribution is 2.37. The summed E-state index contributed by atoms with van der Waals surface area (Å²) in [4.78, 5) is 16.6. The second-order valence-corrected chi connectivity index (χ2v) is 6.39. The Hall–Kier alpha value is -1.15. The van der Waals surface area contributed by atoms with Gasteiger partial charge in [-0.2, -0.15) is 13.2 Å². The molecule has 1 aliphatic rings. The van der Waals surface area contributed by atoms with E-state index in [1.807, 2.05) is 0 Å². The summed E-state index contributed by atoms with van der Waals surface area (Å²) in [5.41, 5.74) is -1.99. The third kappa shape index (κ3) is 2.67. The van der Waals surface area contributed by atoms with Crippen molar-refractivity contribution in [1.29, 1.82) is 0 Å².